The number of halogens is 1. The summed E-state index contributed by atoms with van der Waals surface area (Å²) in [6.07, 6.45) is 2.21. The van der Waals surface area contributed by atoms with Gasteiger partial charge in [-0.05, 0) is 37.8 Å². The first kappa shape index (κ1) is 12.9. The number of amides is 1. The molecule has 1 aromatic heterocycles. The van der Waals surface area contributed by atoms with E-state index in [1.54, 1.807) is 6.07 Å². The molecule has 0 spiro atoms. The largest absolute Gasteiger partial charge is 0.334 e. The molecule has 1 saturated heterocycles. The standard InChI is InChI=1S/C12H17ClN2OS/c1-2-15(9-4-3-6-14-8-9)12(16)11-10(13)5-7-17-11/h5,7,9,14H,2-4,6,8H2,1H3. The van der Waals surface area contributed by atoms with Gasteiger partial charge >= 0.3 is 0 Å². The summed E-state index contributed by atoms with van der Waals surface area (Å²) in [5, 5.41) is 5.78. The number of carbonyl (C=O) groups is 1. The Balaban J connectivity index is 2.12. The van der Waals surface area contributed by atoms with Gasteiger partial charge in [0.15, 0.2) is 0 Å². The van der Waals surface area contributed by atoms with Crippen LogP contribution in [0.5, 0.6) is 0 Å². The second-order valence-electron chi connectivity index (χ2n) is 4.19. The van der Waals surface area contributed by atoms with Crippen LogP contribution in [0.1, 0.15) is 29.4 Å². The number of nitrogens with one attached hydrogen (secondary N) is 1. The molecule has 94 valence electrons. The smallest absolute Gasteiger partial charge is 0.265 e. The van der Waals surface area contributed by atoms with Crippen LogP contribution in [0.2, 0.25) is 5.02 Å². The molecule has 3 nitrogen and oxygen atoms in total. The Bertz CT molecular complexity index is 388. The van der Waals surface area contributed by atoms with Crippen molar-refractivity contribution in [2.24, 2.45) is 0 Å². The predicted octanol–water partition coefficient (Wildman–Crippen LogP) is 2.62. The lowest BCUT2D eigenvalue weighted by atomic mass is 10.1. The zero-order chi connectivity index (χ0) is 12.3. The first-order valence-corrected chi connectivity index (χ1v) is 7.24. The summed E-state index contributed by atoms with van der Waals surface area (Å²) in [4.78, 5) is 15.0. The summed E-state index contributed by atoms with van der Waals surface area (Å²) < 4.78 is 0. The van der Waals surface area contributed by atoms with E-state index in [-0.39, 0.29) is 5.91 Å². The van der Waals surface area contributed by atoms with Gasteiger partial charge in [-0.1, -0.05) is 11.6 Å². The average molecular weight is 273 g/mol. The Kier molecular flexibility index (Phi) is 4.42. The molecular weight excluding hydrogens is 256 g/mol. The van der Waals surface area contributed by atoms with Crippen molar-refractivity contribution in [1.82, 2.24) is 10.2 Å². The van der Waals surface area contributed by atoms with Crippen molar-refractivity contribution in [1.29, 1.82) is 0 Å². The Hall–Kier alpha value is -0.580. The second-order valence-corrected chi connectivity index (χ2v) is 5.51. The average Bonchev–Trinajstić information content (AvgIpc) is 2.77. The quantitative estimate of drug-likeness (QED) is 0.917. The Morgan fingerprint density at radius 2 is 2.53 bits per heavy atom. The minimum atomic E-state index is 0.0706. The third-order valence-electron chi connectivity index (χ3n) is 3.12. The van der Waals surface area contributed by atoms with Crippen molar-refractivity contribution in [2.45, 2.75) is 25.8 Å². The summed E-state index contributed by atoms with van der Waals surface area (Å²) in [6.45, 7) is 4.71. The molecule has 1 amide bonds. The number of hydrogen-bond acceptors (Lipinski definition) is 3. The normalized spacial score (nSPS) is 20.2. The molecule has 1 aromatic rings. The van der Waals surface area contributed by atoms with Gasteiger partial charge < -0.3 is 10.2 Å². The van der Waals surface area contributed by atoms with Crippen molar-refractivity contribution in [2.75, 3.05) is 19.6 Å². The van der Waals surface area contributed by atoms with Gasteiger partial charge in [0.25, 0.3) is 5.91 Å². The summed E-state index contributed by atoms with van der Waals surface area (Å²) in [5.41, 5.74) is 0. The minimum absolute atomic E-state index is 0.0706. The van der Waals surface area contributed by atoms with Crippen molar-refractivity contribution in [3.8, 4) is 0 Å². The van der Waals surface area contributed by atoms with Gasteiger partial charge in [-0.15, -0.1) is 11.3 Å². The highest BCUT2D eigenvalue weighted by Crippen LogP contribution is 2.25. The van der Waals surface area contributed by atoms with Crippen molar-refractivity contribution in [3.63, 3.8) is 0 Å². The zero-order valence-electron chi connectivity index (χ0n) is 9.91. The SMILES string of the molecule is CCN(C(=O)c1sccc1Cl)C1CCCNC1. The number of thiophene rings is 1. The molecule has 0 bridgehead atoms. The topological polar surface area (TPSA) is 32.3 Å². The number of rotatable bonds is 3. The van der Waals surface area contributed by atoms with Crippen LogP contribution in [0, 0.1) is 0 Å². The molecule has 1 aliphatic heterocycles. The number of piperidine rings is 1. The van der Waals surface area contributed by atoms with E-state index in [4.69, 9.17) is 11.6 Å². The van der Waals surface area contributed by atoms with Gasteiger partial charge in [-0.25, -0.2) is 0 Å². The van der Waals surface area contributed by atoms with Crippen LogP contribution in [0.15, 0.2) is 11.4 Å². The minimum Gasteiger partial charge on any atom is -0.334 e. The number of likely N-dealkylation sites (N-methyl/N-ethyl adjacent to an activating group) is 1. The lowest BCUT2D eigenvalue weighted by Crippen LogP contribution is -2.48. The molecule has 1 atom stereocenters. The molecule has 1 N–H and O–H groups in total. The molecule has 2 rings (SSSR count). The molecule has 5 heteroatoms. The summed E-state index contributed by atoms with van der Waals surface area (Å²) in [6, 6.07) is 2.09. The molecule has 1 aliphatic rings. The van der Waals surface area contributed by atoms with Crippen molar-refractivity contribution in [3.05, 3.63) is 21.3 Å². The maximum absolute atomic E-state index is 12.4. The number of carbonyl (C=O) groups excluding carboxylic acids is 1. The van der Waals surface area contributed by atoms with Crippen LogP contribution < -0.4 is 5.32 Å². The van der Waals surface area contributed by atoms with E-state index in [1.165, 1.54) is 11.3 Å². The van der Waals surface area contributed by atoms with Crippen LogP contribution in [0.3, 0.4) is 0 Å². The highest BCUT2D eigenvalue weighted by molar-refractivity contribution is 7.12. The zero-order valence-corrected chi connectivity index (χ0v) is 11.5. The summed E-state index contributed by atoms with van der Waals surface area (Å²) in [5.74, 6) is 0.0706. The van der Waals surface area contributed by atoms with E-state index >= 15 is 0 Å². The first-order valence-electron chi connectivity index (χ1n) is 5.98. The molecule has 0 radical (unpaired) electrons. The lowest BCUT2D eigenvalue weighted by molar-refractivity contribution is 0.0667. The van der Waals surface area contributed by atoms with Crippen LogP contribution >= 0.6 is 22.9 Å². The van der Waals surface area contributed by atoms with E-state index in [2.05, 4.69) is 5.32 Å². The first-order chi connectivity index (χ1) is 8.24. The van der Waals surface area contributed by atoms with Crippen molar-refractivity contribution < 1.29 is 4.79 Å². The third kappa shape index (κ3) is 2.81. The lowest BCUT2D eigenvalue weighted by Gasteiger charge is -2.33. The fourth-order valence-corrected chi connectivity index (χ4v) is 3.33. The van der Waals surface area contributed by atoms with Crippen LogP contribution in [-0.2, 0) is 0 Å². The van der Waals surface area contributed by atoms with Crippen LogP contribution in [0.4, 0.5) is 0 Å². The van der Waals surface area contributed by atoms with Crippen molar-refractivity contribution >= 4 is 28.8 Å². The van der Waals surface area contributed by atoms with Gasteiger partial charge in [-0.2, -0.15) is 0 Å². The van der Waals surface area contributed by atoms with Gasteiger partial charge in [0, 0.05) is 19.1 Å². The third-order valence-corrected chi connectivity index (χ3v) is 4.45. The molecule has 1 fully saturated rings. The monoisotopic (exact) mass is 272 g/mol. The summed E-state index contributed by atoms with van der Waals surface area (Å²) >= 11 is 7.44. The highest BCUT2D eigenvalue weighted by atomic mass is 35.5. The molecule has 0 saturated carbocycles. The molecule has 2 heterocycles. The molecule has 0 aliphatic carbocycles. The number of nitrogens with zero attached hydrogens (tertiary/aromatic N) is 1. The van der Waals surface area contributed by atoms with E-state index in [9.17, 15) is 4.79 Å². The fourth-order valence-electron chi connectivity index (χ4n) is 2.24. The maximum atomic E-state index is 12.4. The second kappa shape index (κ2) is 5.85. The molecule has 0 aromatic carbocycles. The predicted molar refractivity (Wildman–Crippen MR) is 71.9 cm³/mol. The van der Waals surface area contributed by atoms with Gasteiger partial charge in [0.2, 0.25) is 0 Å². The Morgan fingerprint density at radius 3 is 3.06 bits per heavy atom. The van der Waals surface area contributed by atoms with E-state index in [0.717, 1.165) is 32.5 Å². The van der Waals surface area contributed by atoms with Crippen LogP contribution in [0.25, 0.3) is 0 Å². The summed E-state index contributed by atoms with van der Waals surface area (Å²) in [7, 11) is 0. The Morgan fingerprint density at radius 1 is 1.71 bits per heavy atom. The Labute approximate surface area is 111 Å². The van der Waals surface area contributed by atoms with E-state index in [1.807, 2.05) is 17.2 Å². The van der Waals surface area contributed by atoms with E-state index in [0.29, 0.717) is 15.9 Å². The fraction of sp³-hybridized carbons (Fsp3) is 0.583. The van der Waals surface area contributed by atoms with E-state index < -0.39 is 0 Å². The van der Waals surface area contributed by atoms with Gasteiger partial charge in [-0.3, -0.25) is 4.79 Å². The molecule has 17 heavy (non-hydrogen) atoms. The molecular formula is C12H17ClN2OS. The maximum Gasteiger partial charge on any atom is 0.265 e. The van der Waals surface area contributed by atoms with Gasteiger partial charge in [0.1, 0.15) is 4.88 Å². The number of hydrogen-bond donors (Lipinski definition) is 1. The molecule has 1 unspecified atom stereocenters. The van der Waals surface area contributed by atoms with Gasteiger partial charge in [0.05, 0.1) is 5.02 Å². The van der Waals surface area contributed by atoms with Crippen LogP contribution in [-0.4, -0.2) is 36.5 Å². The highest BCUT2D eigenvalue weighted by Gasteiger charge is 2.26.